The Morgan fingerprint density at radius 3 is 2.94 bits per heavy atom. The number of carbonyl (C=O) groups is 1. The standard InChI is InChI=1S/C13H10N2O/c14-11-6-9(16)7-13-10(11)5-8-3-1-2-4-12(8)15-13/h1-5,7H,6,14H2. The van der Waals surface area contributed by atoms with Crippen molar-refractivity contribution >= 4 is 28.5 Å². The largest absolute Gasteiger partial charge is 0.401 e. The molecule has 0 saturated heterocycles. The summed E-state index contributed by atoms with van der Waals surface area (Å²) in [4.78, 5) is 15.8. The van der Waals surface area contributed by atoms with Crippen LogP contribution in [-0.4, -0.2) is 10.8 Å². The van der Waals surface area contributed by atoms with E-state index in [0.717, 1.165) is 16.1 Å². The van der Waals surface area contributed by atoms with Crippen molar-refractivity contribution in [3.05, 3.63) is 40.9 Å². The predicted molar refractivity (Wildman–Crippen MR) is 62.7 cm³/mol. The Hall–Kier alpha value is -2.16. The maximum Gasteiger partial charge on any atom is 0.163 e. The fourth-order valence-corrected chi connectivity index (χ4v) is 1.98. The average Bonchev–Trinajstić information content (AvgIpc) is 2.27. The first-order valence-electron chi connectivity index (χ1n) is 5.13. The summed E-state index contributed by atoms with van der Waals surface area (Å²) in [6.45, 7) is 0. The van der Waals surface area contributed by atoms with Gasteiger partial charge in [0, 0.05) is 22.4 Å². The van der Waals surface area contributed by atoms with E-state index in [4.69, 9.17) is 5.73 Å². The summed E-state index contributed by atoms with van der Waals surface area (Å²) >= 11 is 0. The molecule has 0 fully saturated rings. The highest BCUT2D eigenvalue weighted by atomic mass is 16.1. The van der Waals surface area contributed by atoms with Crippen molar-refractivity contribution in [1.82, 2.24) is 4.98 Å². The quantitative estimate of drug-likeness (QED) is 0.668. The van der Waals surface area contributed by atoms with E-state index in [1.165, 1.54) is 0 Å². The molecular formula is C13H10N2O. The third-order valence-corrected chi connectivity index (χ3v) is 2.76. The van der Waals surface area contributed by atoms with Gasteiger partial charge in [0.05, 0.1) is 17.3 Å². The topological polar surface area (TPSA) is 56.0 Å². The minimum atomic E-state index is 0.0211. The van der Waals surface area contributed by atoms with Crippen molar-refractivity contribution in [1.29, 1.82) is 0 Å². The zero-order chi connectivity index (χ0) is 11.1. The minimum Gasteiger partial charge on any atom is -0.401 e. The Bertz CT molecular complexity index is 716. The third kappa shape index (κ3) is 1.29. The summed E-state index contributed by atoms with van der Waals surface area (Å²) in [5, 5.41) is 2.62. The van der Waals surface area contributed by atoms with Crippen LogP contribution in [0.25, 0.3) is 22.7 Å². The summed E-state index contributed by atoms with van der Waals surface area (Å²) in [5.41, 5.74) is 7.36. The van der Waals surface area contributed by atoms with Crippen LogP contribution < -0.4 is 16.3 Å². The zero-order valence-electron chi connectivity index (χ0n) is 8.60. The lowest BCUT2D eigenvalue weighted by Crippen LogP contribution is -2.37. The Balaban J connectivity index is 2.53. The second-order valence-electron chi connectivity index (χ2n) is 3.93. The summed E-state index contributed by atoms with van der Waals surface area (Å²) in [6, 6.07) is 9.81. The lowest BCUT2D eigenvalue weighted by molar-refractivity contribution is -0.112. The number of aromatic nitrogens is 1. The molecule has 0 bridgehead atoms. The van der Waals surface area contributed by atoms with Gasteiger partial charge >= 0.3 is 0 Å². The molecule has 78 valence electrons. The molecule has 0 amide bonds. The molecule has 0 saturated carbocycles. The number of carbonyl (C=O) groups excluding carboxylic acids is 1. The molecule has 0 radical (unpaired) electrons. The van der Waals surface area contributed by atoms with Crippen molar-refractivity contribution in [3.8, 4) is 0 Å². The second-order valence-corrected chi connectivity index (χ2v) is 3.93. The first-order chi connectivity index (χ1) is 7.74. The summed E-state index contributed by atoms with van der Waals surface area (Å²) in [7, 11) is 0. The van der Waals surface area contributed by atoms with Crippen molar-refractivity contribution in [2.24, 2.45) is 5.73 Å². The van der Waals surface area contributed by atoms with Crippen LogP contribution in [0.2, 0.25) is 0 Å². The maximum atomic E-state index is 11.4. The van der Waals surface area contributed by atoms with Gasteiger partial charge in [-0.15, -0.1) is 0 Å². The number of fused-ring (bicyclic) bond motifs is 2. The first-order valence-corrected chi connectivity index (χ1v) is 5.13. The molecule has 1 aromatic carbocycles. The van der Waals surface area contributed by atoms with E-state index < -0.39 is 0 Å². The Morgan fingerprint density at radius 2 is 2.06 bits per heavy atom. The molecule has 2 N–H and O–H groups in total. The van der Waals surface area contributed by atoms with Gasteiger partial charge in [0.15, 0.2) is 5.78 Å². The molecule has 1 aromatic heterocycles. The van der Waals surface area contributed by atoms with E-state index in [0.29, 0.717) is 17.5 Å². The highest BCUT2D eigenvalue weighted by Crippen LogP contribution is 2.07. The molecule has 0 aliphatic heterocycles. The van der Waals surface area contributed by atoms with Crippen molar-refractivity contribution in [2.75, 3.05) is 0 Å². The molecule has 3 heteroatoms. The normalized spacial score (nSPS) is 14.8. The Kier molecular flexibility index (Phi) is 1.80. The van der Waals surface area contributed by atoms with Crippen LogP contribution in [0.1, 0.15) is 6.42 Å². The monoisotopic (exact) mass is 210 g/mol. The van der Waals surface area contributed by atoms with Gasteiger partial charge in [0.1, 0.15) is 0 Å². The number of hydrogen-bond acceptors (Lipinski definition) is 3. The summed E-state index contributed by atoms with van der Waals surface area (Å²) in [6.07, 6.45) is 1.87. The number of ketones is 1. The van der Waals surface area contributed by atoms with Crippen molar-refractivity contribution < 1.29 is 4.79 Å². The van der Waals surface area contributed by atoms with Crippen LogP contribution >= 0.6 is 0 Å². The molecule has 0 unspecified atom stereocenters. The van der Waals surface area contributed by atoms with Gasteiger partial charge in [-0.3, -0.25) is 4.79 Å². The maximum absolute atomic E-state index is 11.4. The molecule has 1 aliphatic rings. The number of nitrogens with two attached hydrogens (primary N) is 1. The molecule has 1 heterocycles. The van der Waals surface area contributed by atoms with Crippen LogP contribution in [0.3, 0.4) is 0 Å². The minimum absolute atomic E-state index is 0.0211. The van der Waals surface area contributed by atoms with Gasteiger partial charge in [-0.05, 0) is 12.1 Å². The Labute approximate surface area is 91.9 Å². The molecule has 1 aliphatic carbocycles. The number of para-hydroxylation sites is 1. The van der Waals surface area contributed by atoms with Gasteiger partial charge < -0.3 is 5.73 Å². The van der Waals surface area contributed by atoms with Crippen molar-refractivity contribution in [3.63, 3.8) is 0 Å². The van der Waals surface area contributed by atoms with E-state index in [1.54, 1.807) is 6.08 Å². The fraction of sp³-hybridized carbons (Fsp3) is 0.0769. The van der Waals surface area contributed by atoms with Crippen LogP contribution in [-0.2, 0) is 4.79 Å². The molecule has 0 spiro atoms. The lowest BCUT2D eigenvalue weighted by atomic mass is 10.1. The van der Waals surface area contributed by atoms with Crippen LogP contribution in [0.5, 0.6) is 0 Å². The van der Waals surface area contributed by atoms with Gasteiger partial charge in [-0.1, -0.05) is 18.2 Å². The fourth-order valence-electron chi connectivity index (χ4n) is 1.98. The highest BCUT2D eigenvalue weighted by Gasteiger charge is 2.09. The van der Waals surface area contributed by atoms with Crippen LogP contribution in [0, 0.1) is 0 Å². The molecule has 2 aromatic rings. The zero-order valence-corrected chi connectivity index (χ0v) is 8.60. The van der Waals surface area contributed by atoms with E-state index >= 15 is 0 Å². The Morgan fingerprint density at radius 1 is 1.25 bits per heavy atom. The van der Waals surface area contributed by atoms with Crippen LogP contribution in [0.15, 0.2) is 30.3 Å². The van der Waals surface area contributed by atoms with Gasteiger partial charge in [-0.25, -0.2) is 4.98 Å². The smallest absolute Gasteiger partial charge is 0.163 e. The molecule has 0 atom stereocenters. The van der Waals surface area contributed by atoms with Gasteiger partial charge in [0.2, 0.25) is 0 Å². The van der Waals surface area contributed by atoms with E-state index in [-0.39, 0.29) is 5.78 Å². The third-order valence-electron chi connectivity index (χ3n) is 2.76. The average molecular weight is 210 g/mol. The number of hydrogen-bond donors (Lipinski definition) is 1. The number of rotatable bonds is 0. The number of nitrogens with zero attached hydrogens (tertiary/aromatic N) is 1. The number of benzene rings is 1. The first kappa shape index (κ1) is 9.09. The second kappa shape index (κ2) is 3.17. The van der Waals surface area contributed by atoms with Crippen molar-refractivity contribution in [2.45, 2.75) is 6.42 Å². The highest BCUT2D eigenvalue weighted by molar-refractivity contribution is 6.10. The van der Waals surface area contributed by atoms with E-state index in [1.807, 2.05) is 30.3 Å². The molecule has 3 rings (SSSR count). The predicted octanol–water partition coefficient (Wildman–Crippen LogP) is 0.0550. The van der Waals surface area contributed by atoms with E-state index in [2.05, 4.69) is 4.98 Å². The molecule has 16 heavy (non-hydrogen) atoms. The number of Topliss-reactive ketones (excluding diaryl/α,β-unsaturated/α-hetero) is 1. The summed E-state index contributed by atoms with van der Waals surface area (Å²) < 4.78 is 0. The van der Waals surface area contributed by atoms with Gasteiger partial charge in [-0.2, -0.15) is 0 Å². The van der Waals surface area contributed by atoms with Gasteiger partial charge in [0.25, 0.3) is 0 Å². The molecule has 3 nitrogen and oxygen atoms in total. The summed E-state index contributed by atoms with van der Waals surface area (Å²) in [5.74, 6) is 0.0211. The number of pyridine rings is 1. The molecular weight excluding hydrogens is 200 g/mol. The SMILES string of the molecule is NC1=c2cc3ccccc3nc2=CC(=O)C1. The lowest BCUT2D eigenvalue weighted by Gasteiger charge is -2.06. The van der Waals surface area contributed by atoms with Crippen LogP contribution in [0.4, 0.5) is 0 Å². The van der Waals surface area contributed by atoms with E-state index in [9.17, 15) is 4.79 Å².